The molecule has 0 atom stereocenters. The van der Waals surface area contributed by atoms with E-state index in [-0.39, 0.29) is 5.02 Å². The molecule has 0 aliphatic rings. The predicted molar refractivity (Wildman–Crippen MR) is 70.6 cm³/mol. The molecule has 0 spiro atoms. The first-order valence-electron chi connectivity index (χ1n) is 5.52. The Bertz CT molecular complexity index is 572. The highest BCUT2D eigenvalue weighted by Gasteiger charge is 2.04. The first-order valence-corrected chi connectivity index (χ1v) is 5.90. The minimum Gasteiger partial charge on any atom is -0.457 e. The van der Waals surface area contributed by atoms with Crippen LogP contribution in [0.4, 0.5) is 4.39 Å². The maximum Gasteiger partial charge on any atom is 0.142 e. The van der Waals surface area contributed by atoms with E-state index in [4.69, 9.17) is 22.1 Å². The van der Waals surface area contributed by atoms with Crippen LogP contribution in [0.15, 0.2) is 36.4 Å². The molecule has 0 amide bonds. The molecular weight excluding hydrogens is 253 g/mol. The Hall–Kier alpha value is -1.58. The molecule has 4 heteroatoms. The monoisotopic (exact) mass is 265 g/mol. The van der Waals surface area contributed by atoms with Gasteiger partial charge in [0.15, 0.2) is 0 Å². The van der Waals surface area contributed by atoms with E-state index >= 15 is 0 Å². The molecule has 0 aliphatic carbocycles. The highest BCUT2D eigenvalue weighted by Crippen LogP contribution is 2.27. The molecule has 0 saturated carbocycles. The van der Waals surface area contributed by atoms with Gasteiger partial charge in [-0.1, -0.05) is 17.7 Å². The maximum atomic E-state index is 13.0. The molecular formula is C14H13ClFNO. The van der Waals surface area contributed by atoms with Gasteiger partial charge in [-0.3, -0.25) is 0 Å². The van der Waals surface area contributed by atoms with Gasteiger partial charge in [-0.2, -0.15) is 0 Å². The Kier molecular flexibility index (Phi) is 3.84. The number of halogens is 2. The zero-order valence-electron chi connectivity index (χ0n) is 9.91. The van der Waals surface area contributed by atoms with Crippen LogP contribution in [-0.2, 0) is 6.54 Å². The molecule has 0 unspecified atom stereocenters. The van der Waals surface area contributed by atoms with Gasteiger partial charge < -0.3 is 10.5 Å². The number of hydrogen-bond acceptors (Lipinski definition) is 2. The fourth-order valence-electron chi connectivity index (χ4n) is 1.64. The summed E-state index contributed by atoms with van der Waals surface area (Å²) in [6.45, 7) is 2.46. The van der Waals surface area contributed by atoms with Crippen molar-refractivity contribution in [3.8, 4) is 11.5 Å². The third-order valence-electron chi connectivity index (χ3n) is 2.66. The van der Waals surface area contributed by atoms with Crippen molar-refractivity contribution < 1.29 is 9.13 Å². The van der Waals surface area contributed by atoms with Crippen molar-refractivity contribution in [2.75, 3.05) is 0 Å². The van der Waals surface area contributed by atoms with E-state index in [0.717, 1.165) is 11.1 Å². The molecule has 18 heavy (non-hydrogen) atoms. The van der Waals surface area contributed by atoms with Crippen LogP contribution in [-0.4, -0.2) is 0 Å². The molecule has 2 nitrogen and oxygen atoms in total. The number of rotatable bonds is 3. The minimum atomic E-state index is -0.460. The van der Waals surface area contributed by atoms with Crippen molar-refractivity contribution in [2.45, 2.75) is 13.5 Å². The second kappa shape index (κ2) is 5.38. The van der Waals surface area contributed by atoms with Gasteiger partial charge in [-0.15, -0.1) is 0 Å². The summed E-state index contributed by atoms with van der Waals surface area (Å²) in [7, 11) is 0. The van der Waals surface area contributed by atoms with Crippen LogP contribution in [0.1, 0.15) is 11.1 Å². The Labute approximate surface area is 110 Å². The van der Waals surface area contributed by atoms with Crippen molar-refractivity contribution in [3.63, 3.8) is 0 Å². The zero-order valence-corrected chi connectivity index (χ0v) is 10.7. The molecule has 0 heterocycles. The molecule has 2 N–H and O–H groups in total. The normalized spacial score (nSPS) is 10.4. The van der Waals surface area contributed by atoms with Gasteiger partial charge in [0.25, 0.3) is 0 Å². The summed E-state index contributed by atoms with van der Waals surface area (Å²) in [5.74, 6) is 0.715. The summed E-state index contributed by atoms with van der Waals surface area (Å²) >= 11 is 5.69. The highest BCUT2D eigenvalue weighted by molar-refractivity contribution is 6.30. The average molecular weight is 266 g/mol. The van der Waals surface area contributed by atoms with Crippen molar-refractivity contribution in [1.82, 2.24) is 0 Å². The van der Waals surface area contributed by atoms with Gasteiger partial charge in [0.1, 0.15) is 17.3 Å². The van der Waals surface area contributed by atoms with Crippen molar-refractivity contribution in [1.29, 1.82) is 0 Å². The van der Waals surface area contributed by atoms with Gasteiger partial charge in [-0.05, 0) is 42.3 Å². The summed E-state index contributed by atoms with van der Waals surface area (Å²) in [6, 6.07) is 9.89. The second-order valence-corrected chi connectivity index (χ2v) is 4.38. The molecule has 2 rings (SSSR count). The molecule has 94 valence electrons. The first kappa shape index (κ1) is 12.9. The van der Waals surface area contributed by atoms with Gasteiger partial charge >= 0.3 is 0 Å². The van der Waals surface area contributed by atoms with E-state index in [0.29, 0.717) is 18.0 Å². The molecule has 0 radical (unpaired) electrons. The number of nitrogens with two attached hydrogens (primary N) is 1. The van der Waals surface area contributed by atoms with Crippen molar-refractivity contribution >= 4 is 11.6 Å². The molecule has 2 aromatic carbocycles. The largest absolute Gasteiger partial charge is 0.457 e. The van der Waals surface area contributed by atoms with E-state index in [2.05, 4.69) is 0 Å². The van der Waals surface area contributed by atoms with Crippen LogP contribution < -0.4 is 10.5 Å². The minimum absolute atomic E-state index is 0.0443. The Morgan fingerprint density at radius 3 is 2.44 bits per heavy atom. The number of benzene rings is 2. The van der Waals surface area contributed by atoms with Gasteiger partial charge in [0.05, 0.1) is 5.02 Å². The first-order chi connectivity index (χ1) is 8.60. The SMILES string of the molecule is Cc1cc(Oc2ccc(F)c(Cl)c2)ccc1CN. The molecule has 0 bridgehead atoms. The van der Waals surface area contributed by atoms with E-state index in [1.54, 1.807) is 0 Å². The fourth-order valence-corrected chi connectivity index (χ4v) is 1.81. The highest BCUT2D eigenvalue weighted by atomic mass is 35.5. The van der Waals surface area contributed by atoms with Crippen LogP contribution in [0, 0.1) is 12.7 Å². The lowest BCUT2D eigenvalue weighted by Crippen LogP contribution is -1.98. The molecule has 0 fully saturated rings. The van der Waals surface area contributed by atoms with Gasteiger partial charge in [0, 0.05) is 12.6 Å². The average Bonchev–Trinajstić information content (AvgIpc) is 2.34. The summed E-state index contributed by atoms with van der Waals surface area (Å²) in [4.78, 5) is 0. The van der Waals surface area contributed by atoms with E-state index < -0.39 is 5.82 Å². The summed E-state index contributed by atoms with van der Waals surface area (Å²) in [5.41, 5.74) is 7.72. The molecule has 0 aliphatic heterocycles. The number of hydrogen-bond donors (Lipinski definition) is 1. The van der Waals surface area contributed by atoms with Crippen LogP contribution >= 0.6 is 11.6 Å². The van der Waals surface area contributed by atoms with Crippen LogP contribution in [0.2, 0.25) is 5.02 Å². The van der Waals surface area contributed by atoms with Crippen LogP contribution in [0.25, 0.3) is 0 Å². The van der Waals surface area contributed by atoms with Gasteiger partial charge in [-0.25, -0.2) is 4.39 Å². The Morgan fingerprint density at radius 1 is 1.17 bits per heavy atom. The summed E-state index contributed by atoms with van der Waals surface area (Å²) in [6.07, 6.45) is 0. The topological polar surface area (TPSA) is 35.2 Å². The zero-order chi connectivity index (χ0) is 13.1. The summed E-state index contributed by atoms with van der Waals surface area (Å²) < 4.78 is 18.6. The third kappa shape index (κ3) is 2.81. The van der Waals surface area contributed by atoms with E-state index in [1.807, 2.05) is 25.1 Å². The summed E-state index contributed by atoms with van der Waals surface area (Å²) in [5, 5.41) is 0.0443. The Balaban J connectivity index is 2.23. The second-order valence-electron chi connectivity index (χ2n) is 3.97. The van der Waals surface area contributed by atoms with E-state index in [9.17, 15) is 4.39 Å². The molecule has 2 aromatic rings. The lowest BCUT2D eigenvalue weighted by atomic mass is 10.1. The quantitative estimate of drug-likeness (QED) is 0.909. The van der Waals surface area contributed by atoms with Gasteiger partial charge in [0.2, 0.25) is 0 Å². The maximum absolute atomic E-state index is 13.0. The standard InChI is InChI=1S/C14H13ClFNO/c1-9-6-11(3-2-10(9)8-17)18-12-4-5-14(16)13(15)7-12/h2-7H,8,17H2,1H3. The van der Waals surface area contributed by atoms with Crippen molar-refractivity contribution in [3.05, 3.63) is 58.4 Å². The number of ether oxygens (including phenoxy) is 1. The van der Waals surface area contributed by atoms with Crippen molar-refractivity contribution in [2.24, 2.45) is 5.73 Å². The lowest BCUT2D eigenvalue weighted by Gasteiger charge is -2.09. The van der Waals surface area contributed by atoms with Crippen LogP contribution in [0.5, 0.6) is 11.5 Å². The van der Waals surface area contributed by atoms with E-state index in [1.165, 1.54) is 18.2 Å². The number of aryl methyl sites for hydroxylation is 1. The lowest BCUT2D eigenvalue weighted by molar-refractivity contribution is 0.480. The Morgan fingerprint density at radius 2 is 1.83 bits per heavy atom. The van der Waals surface area contributed by atoms with Crippen LogP contribution in [0.3, 0.4) is 0 Å². The molecule has 0 saturated heterocycles. The smallest absolute Gasteiger partial charge is 0.142 e. The predicted octanol–water partition coefficient (Wildman–Crippen LogP) is 4.04. The fraction of sp³-hybridized carbons (Fsp3) is 0.143. The third-order valence-corrected chi connectivity index (χ3v) is 2.95. The molecule has 0 aromatic heterocycles.